The summed E-state index contributed by atoms with van der Waals surface area (Å²) in [7, 11) is 1.56. The van der Waals surface area contributed by atoms with Crippen LogP contribution in [0.4, 0.5) is 5.69 Å². The van der Waals surface area contributed by atoms with Gasteiger partial charge < -0.3 is 20.7 Å². The van der Waals surface area contributed by atoms with Crippen LogP contribution in [0.2, 0.25) is 0 Å². The first-order chi connectivity index (χ1) is 10.4. The Balaban J connectivity index is 2.15. The number of amides is 2. The first-order valence-corrected chi connectivity index (χ1v) is 7.45. The minimum atomic E-state index is -0.595. The van der Waals surface area contributed by atoms with Crippen molar-refractivity contribution >= 4 is 17.5 Å². The Morgan fingerprint density at radius 2 is 2.18 bits per heavy atom. The molecule has 0 saturated carbocycles. The van der Waals surface area contributed by atoms with Gasteiger partial charge in [-0.15, -0.1) is 0 Å². The van der Waals surface area contributed by atoms with E-state index >= 15 is 0 Å². The van der Waals surface area contributed by atoms with Crippen LogP contribution in [0.25, 0.3) is 0 Å². The summed E-state index contributed by atoms with van der Waals surface area (Å²) in [4.78, 5) is 26.2. The lowest BCUT2D eigenvalue weighted by Gasteiger charge is -2.25. The predicted octanol–water partition coefficient (Wildman–Crippen LogP) is 1.28. The van der Waals surface area contributed by atoms with Crippen molar-refractivity contribution in [3.63, 3.8) is 0 Å². The molecule has 3 N–H and O–H groups in total. The van der Waals surface area contributed by atoms with E-state index in [1.165, 1.54) is 0 Å². The van der Waals surface area contributed by atoms with Crippen LogP contribution in [0.1, 0.15) is 25.3 Å². The van der Waals surface area contributed by atoms with E-state index in [1.807, 2.05) is 25.1 Å². The van der Waals surface area contributed by atoms with Crippen molar-refractivity contribution in [2.24, 2.45) is 5.73 Å². The first-order valence-electron chi connectivity index (χ1n) is 7.45. The summed E-state index contributed by atoms with van der Waals surface area (Å²) in [6.45, 7) is 4.15. The highest BCUT2D eigenvalue weighted by molar-refractivity contribution is 5.99. The summed E-state index contributed by atoms with van der Waals surface area (Å²) in [5.41, 5.74) is 7.29. The Kier molecular flexibility index (Phi) is 5.03. The minimum Gasteiger partial charge on any atom is -0.495 e. The highest BCUT2D eigenvalue weighted by atomic mass is 16.5. The molecule has 2 rings (SSSR count). The summed E-state index contributed by atoms with van der Waals surface area (Å²) in [5.74, 6) is 0.214. The van der Waals surface area contributed by atoms with Crippen LogP contribution in [-0.2, 0) is 9.59 Å². The molecule has 6 nitrogen and oxygen atoms in total. The molecular formula is C16H23N3O3. The van der Waals surface area contributed by atoms with Crippen molar-refractivity contribution in [2.45, 2.75) is 38.8 Å². The molecule has 6 heteroatoms. The van der Waals surface area contributed by atoms with E-state index < -0.39 is 12.1 Å². The van der Waals surface area contributed by atoms with Gasteiger partial charge in [0.15, 0.2) is 0 Å². The van der Waals surface area contributed by atoms with Gasteiger partial charge >= 0.3 is 0 Å². The zero-order valence-electron chi connectivity index (χ0n) is 13.3. The number of methoxy groups -OCH3 is 1. The maximum atomic E-state index is 12.5. The van der Waals surface area contributed by atoms with Crippen LogP contribution < -0.4 is 15.8 Å². The molecule has 1 heterocycles. The molecular weight excluding hydrogens is 282 g/mol. The molecule has 2 amide bonds. The Morgan fingerprint density at radius 3 is 2.82 bits per heavy atom. The largest absolute Gasteiger partial charge is 0.495 e. The summed E-state index contributed by atoms with van der Waals surface area (Å²) in [6.07, 6.45) is 1.46. The number of ether oxygens (including phenoxy) is 1. The number of hydrogen-bond donors (Lipinski definition) is 2. The van der Waals surface area contributed by atoms with Crippen LogP contribution in [0.15, 0.2) is 18.2 Å². The molecule has 0 radical (unpaired) electrons. The number of aryl methyl sites for hydroxylation is 1. The van der Waals surface area contributed by atoms with Crippen molar-refractivity contribution in [2.75, 3.05) is 19.0 Å². The standard InChI is InChI=1S/C16H23N3O3/c1-10-6-7-14(22-3)12(9-10)18-15(20)13-5-4-8-19(13)16(21)11(2)17/h6-7,9,11,13H,4-5,8,17H2,1-3H3,(H,18,20)/t11-,13?/m0/s1. The van der Waals surface area contributed by atoms with Crippen LogP contribution in [0, 0.1) is 6.92 Å². The predicted molar refractivity (Wildman–Crippen MR) is 84.7 cm³/mol. The van der Waals surface area contributed by atoms with Crippen LogP contribution >= 0.6 is 0 Å². The Hall–Kier alpha value is -2.08. The van der Waals surface area contributed by atoms with Gasteiger partial charge in [-0.2, -0.15) is 0 Å². The van der Waals surface area contributed by atoms with Crippen LogP contribution in [0.5, 0.6) is 5.75 Å². The van der Waals surface area contributed by atoms with E-state index in [2.05, 4.69) is 5.32 Å². The average Bonchev–Trinajstić information content (AvgIpc) is 2.96. The maximum absolute atomic E-state index is 12.5. The molecule has 1 aromatic rings. The molecule has 0 aromatic heterocycles. The van der Waals surface area contributed by atoms with Gasteiger partial charge in [0.2, 0.25) is 11.8 Å². The second-order valence-electron chi connectivity index (χ2n) is 5.67. The van der Waals surface area contributed by atoms with Crippen molar-refractivity contribution < 1.29 is 14.3 Å². The number of anilines is 1. The van der Waals surface area contributed by atoms with Gasteiger partial charge in [0.1, 0.15) is 11.8 Å². The molecule has 0 bridgehead atoms. The third-order valence-corrected chi connectivity index (χ3v) is 3.84. The van der Waals surface area contributed by atoms with Gasteiger partial charge in [-0.25, -0.2) is 0 Å². The van der Waals surface area contributed by atoms with Crippen LogP contribution in [-0.4, -0.2) is 42.5 Å². The third-order valence-electron chi connectivity index (χ3n) is 3.84. The molecule has 0 spiro atoms. The normalized spacial score (nSPS) is 18.9. The van der Waals surface area contributed by atoms with E-state index in [1.54, 1.807) is 18.9 Å². The quantitative estimate of drug-likeness (QED) is 0.877. The zero-order chi connectivity index (χ0) is 16.3. The van der Waals surface area contributed by atoms with Crippen molar-refractivity contribution in [3.05, 3.63) is 23.8 Å². The smallest absolute Gasteiger partial charge is 0.247 e. The van der Waals surface area contributed by atoms with E-state index in [0.717, 1.165) is 12.0 Å². The molecule has 1 aromatic carbocycles. The number of benzene rings is 1. The Bertz CT molecular complexity index is 572. The second-order valence-corrected chi connectivity index (χ2v) is 5.67. The van der Waals surface area contributed by atoms with Crippen molar-refractivity contribution in [1.29, 1.82) is 0 Å². The van der Waals surface area contributed by atoms with Crippen molar-refractivity contribution in [3.8, 4) is 5.75 Å². The molecule has 1 unspecified atom stereocenters. The topological polar surface area (TPSA) is 84.7 Å². The average molecular weight is 305 g/mol. The molecule has 0 aliphatic carbocycles. The SMILES string of the molecule is COc1ccc(C)cc1NC(=O)C1CCCN1C(=O)[C@H](C)N. The molecule has 1 saturated heterocycles. The molecule has 1 aliphatic rings. The zero-order valence-corrected chi connectivity index (χ0v) is 13.3. The van der Waals surface area contributed by atoms with Gasteiger partial charge in [-0.05, 0) is 44.4 Å². The molecule has 2 atom stereocenters. The monoisotopic (exact) mass is 305 g/mol. The lowest BCUT2D eigenvalue weighted by Crippen LogP contribution is -2.48. The fourth-order valence-corrected chi connectivity index (χ4v) is 2.70. The number of carbonyl (C=O) groups is 2. The van der Waals surface area contributed by atoms with Crippen LogP contribution in [0.3, 0.4) is 0 Å². The summed E-state index contributed by atoms with van der Waals surface area (Å²) in [6, 6.07) is 4.51. The molecule has 120 valence electrons. The molecule has 1 aliphatic heterocycles. The van der Waals surface area contributed by atoms with Gasteiger partial charge in [0.25, 0.3) is 0 Å². The van der Waals surface area contributed by atoms with E-state index in [9.17, 15) is 9.59 Å². The highest BCUT2D eigenvalue weighted by Crippen LogP contribution is 2.27. The van der Waals surface area contributed by atoms with Gasteiger partial charge in [-0.3, -0.25) is 9.59 Å². The van der Waals surface area contributed by atoms with Crippen molar-refractivity contribution in [1.82, 2.24) is 4.90 Å². The van der Waals surface area contributed by atoms with Gasteiger partial charge in [0.05, 0.1) is 18.8 Å². The lowest BCUT2D eigenvalue weighted by molar-refractivity contribution is -0.137. The number of nitrogens with one attached hydrogen (secondary N) is 1. The van der Waals surface area contributed by atoms with E-state index in [4.69, 9.17) is 10.5 Å². The number of likely N-dealkylation sites (tertiary alicyclic amines) is 1. The minimum absolute atomic E-state index is 0.186. The van der Waals surface area contributed by atoms with E-state index in [-0.39, 0.29) is 11.8 Å². The van der Waals surface area contributed by atoms with E-state index in [0.29, 0.717) is 24.4 Å². The Labute approximate surface area is 130 Å². The third kappa shape index (κ3) is 3.39. The number of carbonyl (C=O) groups excluding carboxylic acids is 2. The summed E-state index contributed by atoms with van der Waals surface area (Å²) >= 11 is 0. The van der Waals surface area contributed by atoms with Gasteiger partial charge in [0, 0.05) is 6.54 Å². The second kappa shape index (κ2) is 6.79. The first kappa shape index (κ1) is 16.3. The molecule has 22 heavy (non-hydrogen) atoms. The van der Waals surface area contributed by atoms with Gasteiger partial charge in [-0.1, -0.05) is 6.07 Å². The highest BCUT2D eigenvalue weighted by Gasteiger charge is 2.35. The molecule has 1 fully saturated rings. The summed E-state index contributed by atoms with van der Waals surface area (Å²) < 4.78 is 5.26. The Morgan fingerprint density at radius 1 is 1.45 bits per heavy atom. The fourth-order valence-electron chi connectivity index (χ4n) is 2.70. The fraction of sp³-hybridized carbons (Fsp3) is 0.500. The number of rotatable bonds is 4. The maximum Gasteiger partial charge on any atom is 0.247 e. The number of nitrogens with zero attached hydrogens (tertiary/aromatic N) is 1. The number of hydrogen-bond acceptors (Lipinski definition) is 4. The summed E-state index contributed by atoms with van der Waals surface area (Å²) in [5, 5.41) is 2.87. The number of nitrogens with two attached hydrogens (primary N) is 1. The lowest BCUT2D eigenvalue weighted by atomic mass is 10.1.